The predicted octanol–water partition coefficient (Wildman–Crippen LogP) is 5.22. The summed E-state index contributed by atoms with van der Waals surface area (Å²) in [6.07, 6.45) is 1.52. The van der Waals surface area contributed by atoms with Crippen molar-refractivity contribution in [3.8, 4) is 6.07 Å². The third-order valence-corrected chi connectivity index (χ3v) is 7.78. The zero-order valence-electron chi connectivity index (χ0n) is 21.2. The molecule has 2 N–H and O–H groups in total. The molecule has 1 saturated carbocycles. The lowest BCUT2D eigenvalue weighted by Gasteiger charge is -2.40. The lowest BCUT2D eigenvalue weighted by molar-refractivity contribution is -0.130. The van der Waals surface area contributed by atoms with E-state index in [1.54, 1.807) is 48.5 Å². The summed E-state index contributed by atoms with van der Waals surface area (Å²) in [6, 6.07) is 18.4. The second kappa shape index (κ2) is 9.48. The van der Waals surface area contributed by atoms with Gasteiger partial charge in [-0.15, -0.1) is 0 Å². The molecular formula is C30H28ClFN2O4. The third-order valence-electron chi connectivity index (χ3n) is 7.53. The van der Waals surface area contributed by atoms with E-state index in [0.29, 0.717) is 16.1 Å². The molecule has 1 unspecified atom stereocenters. The van der Waals surface area contributed by atoms with Gasteiger partial charge in [-0.3, -0.25) is 9.69 Å². The summed E-state index contributed by atoms with van der Waals surface area (Å²) in [5.74, 6) is -1.14. The second-order valence-electron chi connectivity index (χ2n) is 10.7. The zero-order valence-corrected chi connectivity index (χ0v) is 21.9. The number of carbonyl (C=O) groups is 1. The number of aliphatic hydroxyl groups excluding tert-OH is 1. The first-order valence-electron chi connectivity index (χ1n) is 12.4. The second-order valence-corrected chi connectivity index (χ2v) is 11.2. The van der Waals surface area contributed by atoms with Gasteiger partial charge in [-0.2, -0.15) is 5.26 Å². The van der Waals surface area contributed by atoms with Crippen molar-refractivity contribution in [2.24, 2.45) is 5.41 Å². The van der Waals surface area contributed by atoms with E-state index in [2.05, 4.69) is 6.07 Å². The topological polar surface area (TPSA) is 93.8 Å². The minimum absolute atomic E-state index is 0.0557. The minimum Gasteiger partial charge on any atom is -0.396 e. The van der Waals surface area contributed by atoms with E-state index in [1.807, 2.05) is 0 Å². The molecule has 2 aliphatic rings. The lowest BCUT2D eigenvalue weighted by atomic mass is 9.88. The van der Waals surface area contributed by atoms with Crippen LogP contribution in [0.1, 0.15) is 64.9 Å². The summed E-state index contributed by atoms with van der Waals surface area (Å²) in [5, 5.41) is 30.3. The Morgan fingerprint density at radius 1 is 1.13 bits per heavy atom. The van der Waals surface area contributed by atoms with Crippen LogP contribution in [0, 0.1) is 22.6 Å². The van der Waals surface area contributed by atoms with Gasteiger partial charge in [-0.25, -0.2) is 4.39 Å². The number of aliphatic hydroxyl groups is 2. The molecule has 38 heavy (non-hydrogen) atoms. The average Bonchev–Trinajstić information content (AvgIpc) is 3.64. The molecule has 6 nitrogen and oxygen atoms in total. The van der Waals surface area contributed by atoms with Gasteiger partial charge in [-0.1, -0.05) is 35.9 Å². The lowest BCUT2D eigenvalue weighted by Crippen LogP contribution is -2.48. The number of fused-ring (bicyclic) bond motifs is 1. The SMILES string of the molecule is CC(C)(O)c1cc(F)c2c(c1)C(=O)N(Cc1ccc(C#N)cc1)C2(OCC1(CO)CC1)c1ccc(Cl)cc1. The molecule has 0 radical (unpaired) electrons. The Hall–Kier alpha value is -3.28. The number of ether oxygens (including phenoxy) is 1. The highest BCUT2D eigenvalue weighted by Gasteiger charge is 2.56. The number of hydrogen-bond donors (Lipinski definition) is 2. The number of nitrogens with zero attached hydrogens (tertiary/aromatic N) is 2. The van der Waals surface area contributed by atoms with Gasteiger partial charge in [0.25, 0.3) is 5.91 Å². The Balaban J connectivity index is 1.73. The van der Waals surface area contributed by atoms with Crippen LogP contribution in [0.2, 0.25) is 5.02 Å². The molecule has 3 aromatic carbocycles. The van der Waals surface area contributed by atoms with Crippen molar-refractivity contribution in [3.63, 3.8) is 0 Å². The molecule has 0 spiro atoms. The van der Waals surface area contributed by atoms with Crippen LogP contribution in [-0.4, -0.2) is 34.2 Å². The molecule has 1 heterocycles. The highest BCUT2D eigenvalue weighted by Crippen LogP contribution is 2.52. The molecule has 0 aromatic heterocycles. The van der Waals surface area contributed by atoms with Crippen LogP contribution in [0.25, 0.3) is 0 Å². The Morgan fingerprint density at radius 3 is 2.34 bits per heavy atom. The van der Waals surface area contributed by atoms with Crippen molar-refractivity contribution in [1.29, 1.82) is 5.26 Å². The maximum atomic E-state index is 16.2. The first-order chi connectivity index (χ1) is 18.0. The average molecular weight is 535 g/mol. The maximum Gasteiger partial charge on any atom is 0.257 e. The molecule has 5 rings (SSSR count). The number of carbonyl (C=O) groups excluding carboxylic acids is 1. The highest BCUT2D eigenvalue weighted by molar-refractivity contribution is 6.30. The maximum absolute atomic E-state index is 16.2. The number of benzene rings is 3. The summed E-state index contributed by atoms with van der Waals surface area (Å²) in [4.78, 5) is 15.6. The monoisotopic (exact) mass is 534 g/mol. The van der Waals surface area contributed by atoms with Gasteiger partial charge in [0.1, 0.15) is 5.82 Å². The van der Waals surface area contributed by atoms with Gasteiger partial charge >= 0.3 is 0 Å². The standard InChI is InChI=1S/C30H28ClFN2O4/c1-28(2,37)22-13-24-26(25(32)14-22)30(21-7-9-23(31)10-8-21,38-18-29(17-35)11-12-29)34(27(24)36)16-20-5-3-19(15-33)4-6-20/h3-10,13-14,35,37H,11-12,16-18H2,1-2H3. The van der Waals surface area contributed by atoms with Crippen molar-refractivity contribution in [2.45, 2.75) is 44.6 Å². The van der Waals surface area contributed by atoms with Crippen LogP contribution in [-0.2, 0) is 22.6 Å². The van der Waals surface area contributed by atoms with E-state index in [0.717, 1.165) is 18.4 Å². The summed E-state index contributed by atoms with van der Waals surface area (Å²) >= 11 is 6.19. The third kappa shape index (κ3) is 4.48. The van der Waals surface area contributed by atoms with Crippen LogP contribution < -0.4 is 0 Å². The van der Waals surface area contributed by atoms with Crippen molar-refractivity contribution < 1.29 is 24.1 Å². The van der Waals surface area contributed by atoms with Crippen molar-refractivity contribution in [1.82, 2.24) is 4.90 Å². The quantitative estimate of drug-likeness (QED) is 0.413. The van der Waals surface area contributed by atoms with Crippen LogP contribution in [0.4, 0.5) is 4.39 Å². The number of nitriles is 1. The van der Waals surface area contributed by atoms with Crippen LogP contribution >= 0.6 is 11.6 Å². The van der Waals surface area contributed by atoms with E-state index in [4.69, 9.17) is 16.3 Å². The summed E-state index contributed by atoms with van der Waals surface area (Å²) in [7, 11) is 0. The molecular weight excluding hydrogens is 507 g/mol. The minimum atomic E-state index is -1.65. The molecule has 196 valence electrons. The summed E-state index contributed by atoms with van der Waals surface area (Å²) in [5.41, 5.74) is -1.36. The van der Waals surface area contributed by atoms with E-state index in [1.165, 1.54) is 30.9 Å². The summed E-state index contributed by atoms with van der Waals surface area (Å²) < 4.78 is 22.8. The highest BCUT2D eigenvalue weighted by atomic mass is 35.5. The van der Waals surface area contributed by atoms with E-state index < -0.39 is 28.5 Å². The molecule has 3 aromatic rings. The van der Waals surface area contributed by atoms with Crippen LogP contribution in [0.15, 0.2) is 60.7 Å². The molecule has 8 heteroatoms. The van der Waals surface area contributed by atoms with E-state index >= 15 is 4.39 Å². The van der Waals surface area contributed by atoms with Crippen molar-refractivity contribution in [2.75, 3.05) is 13.2 Å². The smallest absolute Gasteiger partial charge is 0.257 e. The van der Waals surface area contributed by atoms with Crippen LogP contribution in [0.5, 0.6) is 0 Å². The van der Waals surface area contributed by atoms with Crippen LogP contribution in [0.3, 0.4) is 0 Å². The number of amides is 1. The Bertz CT molecular complexity index is 1420. The van der Waals surface area contributed by atoms with Gasteiger partial charge in [0.05, 0.1) is 41.6 Å². The van der Waals surface area contributed by atoms with E-state index in [9.17, 15) is 20.3 Å². The number of hydrogen-bond acceptors (Lipinski definition) is 5. The van der Waals surface area contributed by atoms with Crippen molar-refractivity contribution in [3.05, 3.63) is 105 Å². The largest absolute Gasteiger partial charge is 0.396 e. The molecule has 1 fully saturated rings. The Kier molecular flexibility index (Phi) is 6.57. The molecule has 1 aliphatic heterocycles. The van der Waals surface area contributed by atoms with Crippen molar-refractivity contribution >= 4 is 17.5 Å². The summed E-state index contributed by atoms with van der Waals surface area (Å²) in [6.45, 7) is 3.15. The molecule has 0 saturated heterocycles. The molecule has 1 amide bonds. The normalized spacial score (nSPS) is 19.8. The van der Waals surface area contributed by atoms with Gasteiger partial charge < -0.3 is 14.9 Å². The van der Waals surface area contributed by atoms with Gasteiger partial charge in [0, 0.05) is 22.5 Å². The zero-order chi connectivity index (χ0) is 27.3. The predicted molar refractivity (Wildman–Crippen MR) is 140 cm³/mol. The number of rotatable bonds is 8. The van der Waals surface area contributed by atoms with E-state index in [-0.39, 0.29) is 36.4 Å². The molecule has 1 atom stereocenters. The van der Waals surface area contributed by atoms with Gasteiger partial charge in [0.15, 0.2) is 5.72 Å². The fourth-order valence-electron chi connectivity index (χ4n) is 4.94. The Labute approximate surface area is 225 Å². The number of halogens is 2. The fraction of sp³-hybridized carbons (Fsp3) is 0.333. The first-order valence-corrected chi connectivity index (χ1v) is 12.8. The fourth-order valence-corrected chi connectivity index (χ4v) is 5.06. The van der Waals surface area contributed by atoms with Gasteiger partial charge in [-0.05, 0) is 74.2 Å². The first kappa shape index (κ1) is 26.3. The molecule has 1 aliphatic carbocycles. The molecule has 0 bridgehead atoms. The Morgan fingerprint density at radius 2 is 1.79 bits per heavy atom. The van der Waals surface area contributed by atoms with Gasteiger partial charge in [0.2, 0.25) is 0 Å².